The summed E-state index contributed by atoms with van der Waals surface area (Å²) in [6.07, 6.45) is 3.92. The van der Waals surface area contributed by atoms with Gasteiger partial charge < -0.3 is 9.73 Å². The molecule has 1 amide bonds. The summed E-state index contributed by atoms with van der Waals surface area (Å²) in [7, 11) is 0. The second-order valence-electron chi connectivity index (χ2n) is 6.77. The van der Waals surface area contributed by atoms with E-state index in [0.29, 0.717) is 33.2 Å². The second kappa shape index (κ2) is 9.67. The lowest BCUT2D eigenvalue weighted by atomic mass is 10.0. The molecule has 3 aromatic rings. The van der Waals surface area contributed by atoms with Crippen LogP contribution in [0.25, 0.3) is 0 Å². The van der Waals surface area contributed by atoms with Crippen LogP contribution in [0.3, 0.4) is 0 Å². The van der Waals surface area contributed by atoms with Crippen LogP contribution in [0.5, 0.6) is 0 Å². The highest BCUT2D eigenvalue weighted by atomic mass is 35.5. The first kappa shape index (κ1) is 21.6. The predicted octanol–water partition coefficient (Wildman–Crippen LogP) is 5.24. The van der Waals surface area contributed by atoms with E-state index >= 15 is 0 Å². The van der Waals surface area contributed by atoms with Gasteiger partial charge >= 0.3 is 0 Å². The molecule has 1 aromatic carbocycles. The van der Waals surface area contributed by atoms with Crippen LogP contribution in [0.2, 0.25) is 5.02 Å². The number of amides is 1. The van der Waals surface area contributed by atoms with E-state index in [0.717, 1.165) is 11.3 Å². The number of thioether (sulfide) groups is 1. The van der Waals surface area contributed by atoms with Gasteiger partial charge in [-0.2, -0.15) is 5.10 Å². The summed E-state index contributed by atoms with van der Waals surface area (Å²) in [5.74, 6) is 0.580. The minimum atomic E-state index is -0.397. The largest absolute Gasteiger partial charge is 0.467 e. The van der Waals surface area contributed by atoms with Crippen LogP contribution in [-0.2, 0) is 4.79 Å². The van der Waals surface area contributed by atoms with Gasteiger partial charge in [0.2, 0.25) is 5.13 Å². The summed E-state index contributed by atoms with van der Waals surface area (Å²) < 4.78 is 6.32. The normalized spacial score (nSPS) is 16.8. The molecule has 0 saturated heterocycles. The number of hydrogen-bond acceptors (Lipinski definition) is 8. The first-order valence-corrected chi connectivity index (χ1v) is 11.7. The van der Waals surface area contributed by atoms with Crippen molar-refractivity contribution in [1.29, 1.82) is 0 Å². The summed E-state index contributed by atoms with van der Waals surface area (Å²) in [5, 5.41) is 18.5. The standard InChI is InChI=1S/C21H20ClN5O2S2/c1-3-10-23-20-24-25-21(31-20)30-13(2)19(28)27-17(18-5-4-11-29-18)12-16(26-27)14-6-8-15(22)9-7-14/h3-9,11,13,17H,1,10,12H2,2H3,(H,23,24). The lowest BCUT2D eigenvalue weighted by Crippen LogP contribution is -2.33. The highest BCUT2D eigenvalue weighted by molar-refractivity contribution is 8.02. The Morgan fingerprint density at radius 3 is 2.94 bits per heavy atom. The molecule has 2 unspecified atom stereocenters. The molecule has 1 aliphatic heterocycles. The zero-order chi connectivity index (χ0) is 21.8. The number of aromatic nitrogens is 2. The van der Waals surface area contributed by atoms with Gasteiger partial charge in [-0.3, -0.25) is 4.79 Å². The smallest absolute Gasteiger partial charge is 0.256 e. The quantitative estimate of drug-likeness (QED) is 0.355. The van der Waals surface area contributed by atoms with E-state index in [1.165, 1.54) is 28.1 Å². The molecular weight excluding hydrogens is 454 g/mol. The third-order valence-electron chi connectivity index (χ3n) is 4.61. The lowest BCUT2D eigenvalue weighted by Gasteiger charge is -2.22. The second-order valence-corrected chi connectivity index (χ2v) is 9.78. The molecule has 160 valence electrons. The van der Waals surface area contributed by atoms with E-state index in [1.54, 1.807) is 12.3 Å². The number of nitrogens with zero attached hydrogens (tertiary/aromatic N) is 4. The monoisotopic (exact) mass is 473 g/mol. The van der Waals surface area contributed by atoms with Crippen LogP contribution in [0.15, 0.2) is 69.2 Å². The Labute approximate surface area is 193 Å². The van der Waals surface area contributed by atoms with E-state index in [2.05, 4.69) is 27.2 Å². The average molecular weight is 474 g/mol. The van der Waals surface area contributed by atoms with Crippen molar-refractivity contribution in [3.05, 3.63) is 71.7 Å². The van der Waals surface area contributed by atoms with E-state index in [4.69, 9.17) is 16.0 Å². The Morgan fingerprint density at radius 2 is 2.23 bits per heavy atom. The number of hydrogen-bond donors (Lipinski definition) is 1. The highest BCUT2D eigenvalue weighted by Crippen LogP contribution is 2.36. The molecular formula is C21H20ClN5O2S2. The molecule has 0 aliphatic carbocycles. The third-order valence-corrected chi connectivity index (χ3v) is 6.92. The summed E-state index contributed by atoms with van der Waals surface area (Å²) in [6, 6.07) is 10.8. The number of carbonyl (C=O) groups excluding carboxylic acids is 1. The maximum Gasteiger partial charge on any atom is 0.256 e. The van der Waals surface area contributed by atoms with Gasteiger partial charge in [0.1, 0.15) is 11.8 Å². The molecule has 7 nitrogen and oxygen atoms in total. The van der Waals surface area contributed by atoms with Crippen molar-refractivity contribution in [2.75, 3.05) is 11.9 Å². The molecule has 1 aliphatic rings. The summed E-state index contributed by atoms with van der Waals surface area (Å²) in [5.41, 5.74) is 1.74. The lowest BCUT2D eigenvalue weighted by molar-refractivity contribution is -0.132. The summed E-state index contributed by atoms with van der Waals surface area (Å²) in [6.45, 7) is 6.12. The molecule has 3 heterocycles. The molecule has 0 radical (unpaired) electrons. The third kappa shape index (κ3) is 5.00. The maximum atomic E-state index is 13.3. The molecule has 0 saturated carbocycles. The zero-order valence-corrected chi connectivity index (χ0v) is 19.1. The number of hydrazone groups is 1. The van der Waals surface area contributed by atoms with Crippen molar-refractivity contribution in [2.24, 2.45) is 5.10 Å². The zero-order valence-electron chi connectivity index (χ0n) is 16.7. The van der Waals surface area contributed by atoms with E-state index in [-0.39, 0.29) is 11.9 Å². The van der Waals surface area contributed by atoms with Crippen LogP contribution in [-0.4, -0.2) is 38.6 Å². The number of furan rings is 1. The molecule has 31 heavy (non-hydrogen) atoms. The highest BCUT2D eigenvalue weighted by Gasteiger charge is 2.37. The maximum absolute atomic E-state index is 13.3. The summed E-state index contributed by atoms with van der Waals surface area (Å²) >= 11 is 8.78. The fourth-order valence-electron chi connectivity index (χ4n) is 3.11. The molecule has 1 N–H and O–H groups in total. The molecule has 0 bridgehead atoms. The van der Waals surface area contributed by atoms with Crippen molar-refractivity contribution < 1.29 is 9.21 Å². The Kier molecular flexibility index (Phi) is 6.74. The van der Waals surface area contributed by atoms with E-state index < -0.39 is 5.25 Å². The molecule has 0 fully saturated rings. The minimum Gasteiger partial charge on any atom is -0.467 e. The van der Waals surface area contributed by atoms with Crippen molar-refractivity contribution in [1.82, 2.24) is 15.2 Å². The first-order valence-electron chi connectivity index (χ1n) is 9.60. The first-order chi connectivity index (χ1) is 15.0. The van der Waals surface area contributed by atoms with Gasteiger partial charge in [0.15, 0.2) is 4.34 Å². The van der Waals surface area contributed by atoms with Gasteiger partial charge in [0, 0.05) is 18.0 Å². The molecule has 10 heteroatoms. The number of benzene rings is 1. The Balaban J connectivity index is 1.53. The van der Waals surface area contributed by atoms with Crippen LogP contribution < -0.4 is 5.32 Å². The van der Waals surface area contributed by atoms with Gasteiger partial charge in [0.25, 0.3) is 5.91 Å². The van der Waals surface area contributed by atoms with Gasteiger partial charge in [-0.05, 0) is 36.8 Å². The van der Waals surface area contributed by atoms with Crippen LogP contribution in [0.1, 0.15) is 30.7 Å². The van der Waals surface area contributed by atoms with Crippen molar-refractivity contribution in [3.8, 4) is 0 Å². The average Bonchev–Trinajstić information content (AvgIpc) is 3.52. The van der Waals surface area contributed by atoms with Gasteiger partial charge in [-0.15, -0.1) is 16.8 Å². The Hall–Kier alpha value is -2.62. The Bertz CT molecular complexity index is 1080. The van der Waals surface area contributed by atoms with Crippen molar-refractivity contribution >= 4 is 51.5 Å². The number of nitrogens with one attached hydrogen (secondary N) is 1. The number of anilines is 1. The van der Waals surface area contributed by atoms with Crippen LogP contribution >= 0.6 is 34.7 Å². The van der Waals surface area contributed by atoms with E-state index in [1.807, 2.05) is 43.3 Å². The van der Waals surface area contributed by atoms with Gasteiger partial charge in [0.05, 0.1) is 17.2 Å². The number of halogens is 1. The van der Waals surface area contributed by atoms with Crippen LogP contribution in [0.4, 0.5) is 5.13 Å². The molecule has 2 aromatic heterocycles. The van der Waals surface area contributed by atoms with Crippen molar-refractivity contribution in [2.45, 2.75) is 29.0 Å². The fourth-order valence-corrected chi connectivity index (χ4v) is 5.18. The Morgan fingerprint density at radius 1 is 1.42 bits per heavy atom. The van der Waals surface area contributed by atoms with E-state index in [9.17, 15) is 4.79 Å². The predicted molar refractivity (Wildman–Crippen MR) is 125 cm³/mol. The SMILES string of the molecule is C=CCNc1nnc(SC(C)C(=O)N2N=C(c3ccc(Cl)cc3)CC2c2ccco2)s1. The van der Waals surface area contributed by atoms with Gasteiger partial charge in [-0.25, -0.2) is 5.01 Å². The fraction of sp³-hybridized carbons (Fsp3) is 0.238. The topological polar surface area (TPSA) is 83.6 Å². The molecule has 0 spiro atoms. The number of carbonyl (C=O) groups is 1. The van der Waals surface area contributed by atoms with Crippen molar-refractivity contribution in [3.63, 3.8) is 0 Å². The summed E-state index contributed by atoms with van der Waals surface area (Å²) in [4.78, 5) is 13.3. The number of rotatable bonds is 8. The molecule has 2 atom stereocenters. The minimum absolute atomic E-state index is 0.119. The van der Waals surface area contributed by atoms with Crippen LogP contribution in [0, 0.1) is 0 Å². The van der Waals surface area contributed by atoms with Gasteiger partial charge in [-0.1, -0.05) is 52.9 Å². The molecule has 4 rings (SSSR count).